The average molecular weight is 404 g/mol. The van der Waals surface area contributed by atoms with Gasteiger partial charge in [-0.15, -0.1) is 0 Å². The van der Waals surface area contributed by atoms with Gasteiger partial charge in [0.05, 0.1) is 12.7 Å². The highest BCUT2D eigenvalue weighted by Gasteiger charge is 2.14. The molecule has 4 aromatic rings. The minimum absolute atomic E-state index is 0.148. The molecule has 0 bridgehead atoms. The van der Waals surface area contributed by atoms with E-state index in [1.807, 2.05) is 24.3 Å². The van der Waals surface area contributed by atoms with Crippen LogP contribution < -0.4 is 9.47 Å². The molecule has 0 unspecified atom stereocenters. The Bertz CT molecular complexity index is 1150. The van der Waals surface area contributed by atoms with Crippen molar-refractivity contribution in [2.24, 2.45) is 0 Å². The molecule has 0 amide bonds. The Morgan fingerprint density at radius 3 is 2.47 bits per heavy atom. The van der Waals surface area contributed by atoms with Crippen LogP contribution >= 0.6 is 0 Å². The van der Waals surface area contributed by atoms with Gasteiger partial charge in [-0.2, -0.15) is 4.98 Å². The molecule has 4 rings (SSSR count). The molecule has 6 nitrogen and oxygen atoms in total. The van der Waals surface area contributed by atoms with Crippen LogP contribution in [-0.2, 0) is 0 Å². The summed E-state index contributed by atoms with van der Waals surface area (Å²) in [5.74, 6) is 1.31. The first-order chi connectivity index (χ1) is 14.6. The lowest BCUT2D eigenvalue weighted by Crippen LogP contribution is -2.11. The number of halogens is 1. The number of para-hydroxylation sites is 1. The average Bonchev–Trinajstić information content (AvgIpc) is 3.28. The topological polar surface area (TPSA) is 74.5 Å². The summed E-state index contributed by atoms with van der Waals surface area (Å²) in [6, 6.07) is 19.7. The van der Waals surface area contributed by atoms with Gasteiger partial charge >= 0.3 is 0 Å². The summed E-state index contributed by atoms with van der Waals surface area (Å²) in [7, 11) is 1.58. The molecular formula is C23H17FN2O4. The van der Waals surface area contributed by atoms with Crippen LogP contribution in [0.25, 0.3) is 22.8 Å². The van der Waals surface area contributed by atoms with Crippen LogP contribution in [0.1, 0.15) is 10.4 Å². The maximum atomic E-state index is 12.9. The van der Waals surface area contributed by atoms with Crippen LogP contribution in [0.3, 0.4) is 0 Å². The highest BCUT2D eigenvalue weighted by atomic mass is 19.1. The molecule has 3 aromatic carbocycles. The Kier molecular flexibility index (Phi) is 5.52. The van der Waals surface area contributed by atoms with Crippen LogP contribution in [0.4, 0.5) is 4.39 Å². The number of benzene rings is 3. The van der Waals surface area contributed by atoms with Crippen molar-refractivity contribution in [3.63, 3.8) is 0 Å². The molecular weight excluding hydrogens is 387 g/mol. The highest BCUT2D eigenvalue weighted by Crippen LogP contribution is 2.30. The summed E-state index contributed by atoms with van der Waals surface area (Å²) in [4.78, 5) is 16.5. The fourth-order valence-corrected chi connectivity index (χ4v) is 2.84. The number of aromatic nitrogens is 2. The van der Waals surface area contributed by atoms with Crippen molar-refractivity contribution in [1.82, 2.24) is 10.1 Å². The zero-order valence-corrected chi connectivity index (χ0v) is 16.0. The van der Waals surface area contributed by atoms with Gasteiger partial charge in [0.25, 0.3) is 5.89 Å². The Morgan fingerprint density at radius 1 is 1.00 bits per heavy atom. The highest BCUT2D eigenvalue weighted by molar-refractivity contribution is 5.97. The number of Topliss-reactive ketones (excluding diaryl/α,β-unsaturated/α-hetero) is 1. The molecule has 0 atom stereocenters. The third kappa shape index (κ3) is 4.20. The van der Waals surface area contributed by atoms with E-state index < -0.39 is 5.82 Å². The van der Waals surface area contributed by atoms with Gasteiger partial charge in [-0.3, -0.25) is 4.79 Å². The number of hydrogen-bond donors (Lipinski definition) is 0. The number of carbonyl (C=O) groups excluding carboxylic acids is 1. The minimum Gasteiger partial charge on any atom is -0.496 e. The lowest BCUT2D eigenvalue weighted by molar-refractivity contribution is 0.0921. The van der Waals surface area contributed by atoms with Gasteiger partial charge in [-0.05, 0) is 60.7 Å². The lowest BCUT2D eigenvalue weighted by atomic mass is 10.1. The summed E-state index contributed by atoms with van der Waals surface area (Å²) >= 11 is 0. The predicted octanol–water partition coefficient (Wildman–Crippen LogP) is 4.81. The Morgan fingerprint density at radius 2 is 1.73 bits per heavy atom. The minimum atomic E-state index is -0.390. The quantitative estimate of drug-likeness (QED) is 0.412. The van der Waals surface area contributed by atoms with E-state index >= 15 is 0 Å². The van der Waals surface area contributed by atoms with Crippen molar-refractivity contribution in [1.29, 1.82) is 0 Å². The van der Waals surface area contributed by atoms with E-state index in [2.05, 4.69) is 10.1 Å². The SMILES string of the molecule is COc1ccccc1-c1nc(-c2ccc(OCC(=O)c3ccc(F)cc3)cc2)no1. The summed E-state index contributed by atoms with van der Waals surface area (Å²) in [6.45, 7) is -0.148. The van der Waals surface area contributed by atoms with Crippen molar-refractivity contribution in [3.05, 3.63) is 84.2 Å². The largest absolute Gasteiger partial charge is 0.496 e. The summed E-state index contributed by atoms with van der Waals surface area (Å²) < 4.78 is 29.2. The Balaban J connectivity index is 1.43. The molecule has 0 saturated carbocycles. The van der Waals surface area contributed by atoms with E-state index in [0.717, 1.165) is 5.56 Å². The van der Waals surface area contributed by atoms with Gasteiger partial charge < -0.3 is 14.0 Å². The van der Waals surface area contributed by atoms with Gasteiger partial charge in [0.15, 0.2) is 12.4 Å². The maximum absolute atomic E-state index is 12.9. The molecule has 1 heterocycles. The zero-order valence-electron chi connectivity index (χ0n) is 16.0. The molecule has 0 aliphatic rings. The molecule has 0 spiro atoms. The number of rotatable bonds is 7. The number of methoxy groups -OCH3 is 1. The first-order valence-electron chi connectivity index (χ1n) is 9.13. The van der Waals surface area contributed by atoms with Gasteiger partial charge in [0, 0.05) is 11.1 Å². The van der Waals surface area contributed by atoms with E-state index in [4.69, 9.17) is 14.0 Å². The van der Waals surface area contributed by atoms with E-state index in [-0.39, 0.29) is 12.4 Å². The van der Waals surface area contributed by atoms with Crippen molar-refractivity contribution in [2.75, 3.05) is 13.7 Å². The summed E-state index contributed by atoms with van der Waals surface area (Å²) in [6.07, 6.45) is 0. The van der Waals surface area contributed by atoms with Crippen molar-refractivity contribution >= 4 is 5.78 Å². The first kappa shape index (κ1) is 19.3. The van der Waals surface area contributed by atoms with Gasteiger partial charge in [-0.1, -0.05) is 17.3 Å². The van der Waals surface area contributed by atoms with Gasteiger partial charge in [0.2, 0.25) is 5.82 Å². The number of ketones is 1. The van der Waals surface area contributed by atoms with Crippen molar-refractivity contribution in [3.8, 4) is 34.3 Å². The third-order valence-corrected chi connectivity index (χ3v) is 4.41. The van der Waals surface area contributed by atoms with Gasteiger partial charge in [-0.25, -0.2) is 4.39 Å². The van der Waals surface area contributed by atoms with E-state index in [9.17, 15) is 9.18 Å². The molecule has 30 heavy (non-hydrogen) atoms. The Hall–Kier alpha value is -4.00. The van der Waals surface area contributed by atoms with Crippen LogP contribution in [0, 0.1) is 5.82 Å². The standard InChI is InChI=1S/C23H17FN2O4/c1-28-21-5-3-2-4-19(21)23-25-22(26-30-23)16-8-12-18(13-9-16)29-14-20(27)15-6-10-17(24)11-7-15/h2-13H,14H2,1H3. The van der Waals surface area contributed by atoms with Crippen molar-refractivity contribution < 1.29 is 23.2 Å². The third-order valence-electron chi connectivity index (χ3n) is 4.41. The van der Waals surface area contributed by atoms with E-state index in [1.165, 1.54) is 24.3 Å². The predicted molar refractivity (Wildman–Crippen MR) is 108 cm³/mol. The first-order valence-corrected chi connectivity index (χ1v) is 9.13. The number of hydrogen-bond acceptors (Lipinski definition) is 6. The number of nitrogens with zero attached hydrogens (tertiary/aromatic N) is 2. The van der Waals surface area contributed by atoms with Crippen LogP contribution in [0.2, 0.25) is 0 Å². The molecule has 0 saturated heterocycles. The summed E-state index contributed by atoms with van der Waals surface area (Å²) in [5, 5.41) is 4.02. The lowest BCUT2D eigenvalue weighted by Gasteiger charge is -2.06. The summed E-state index contributed by atoms with van der Waals surface area (Å²) in [5.41, 5.74) is 1.83. The van der Waals surface area contributed by atoms with Crippen LogP contribution in [0.5, 0.6) is 11.5 Å². The van der Waals surface area contributed by atoms with Gasteiger partial charge in [0.1, 0.15) is 17.3 Å². The van der Waals surface area contributed by atoms with Crippen LogP contribution in [-0.4, -0.2) is 29.6 Å². The zero-order chi connectivity index (χ0) is 20.9. The molecule has 1 aromatic heterocycles. The molecule has 7 heteroatoms. The Labute approximate surface area is 171 Å². The van der Waals surface area contributed by atoms with Crippen LogP contribution in [0.15, 0.2) is 77.3 Å². The normalized spacial score (nSPS) is 10.6. The number of ether oxygens (including phenoxy) is 2. The second-order valence-corrected chi connectivity index (χ2v) is 6.37. The smallest absolute Gasteiger partial charge is 0.262 e. The molecule has 0 N–H and O–H groups in total. The van der Waals surface area contributed by atoms with E-state index in [1.54, 1.807) is 31.4 Å². The second kappa shape index (κ2) is 8.57. The molecule has 150 valence electrons. The van der Waals surface area contributed by atoms with Crippen molar-refractivity contribution in [2.45, 2.75) is 0 Å². The fraction of sp³-hybridized carbons (Fsp3) is 0.0870. The molecule has 0 aliphatic heterocycles. The number of carbonyl (C=O) groups is 1. The molecule has 0 fully saturated rings. The fourth-order valence-electron chi connectivity index (χ4n) is 2.84. The monoisotopic (exact) mass is 404 g/mol. The molecule has 0 radical (unpaired) electrons. The molecule has 0 aliphatic carbocycles. The van der Waals surface area contributed by atoms with E-state index in [0.29, 0.717) is 34.3 Å². The second-order valence-electron chi connectivity index (χ2n) is 6.37. The maximum Gasteiger partial charge on any atom is 0.262 e.